The van der Waals surface area contributed by atoms with Crippen molar-refractivity contribution in [1.82, 2.24) is 9.62 Å². The summed E-state index contributed by atoms with van der Waals surface area (Å²) in [5, 5.41) is 0.555. The van der Waals surface area contributed by atoms with Crippen LogP contribution in [0, 0.1) is 5.82 Å². The molecule has 0 spiro atoms. The molecule has 164 valence electrons. The molecule has 1 N–H and O–H groups in total. The van der Waals surface area contributed by atoms with Gasteiger partial charge in [-0.15, -0.1) is 0 Å². The van der Waals surface area contributed by atoms with Gasteiger partial charge >= 0.3 is 0 Å². The van der Waals surface area contributed by atoms with Crippen LogP contribution in [-0.2, 0) is 14.8 Å². The molecule has 0 aromatic heterocycles. The van der Waals surface area contributed by atoms with E-state index in [1.807, 2.05) is 12.1 Å². The Hall–Kier alpha value is -1.91. The van der Waals surface area contributed by atoms with Gasteiger partial charge in [0.05, 0.1) is 27.4 Å². The van der Waals surface area contributed by atoms with Crippen molar-refractivity contribution in [3.05, 3.63) is 52.8 Å². The standard InChI is InChI=1S/C20H24ClFN2O5S/c1-27-18-11-16(22)20(12-19(18)28-2)30(25,26)23-13-17(24-6-8-29-9-7-24)14-4-3-5-15(21)10-14/h3-5,10-12,17,23H,6-9,13H2,1-2H3. The minimum absolute atomic E-state index is 0.0382. The van der Waals surface area contributed by atoms with Crippen molar-refractivity contribution in [2.24, 2.45) is 0 Å². The third-order valence-corrected chi connectivity index (χ3v) is 6.59. The fraction of sp³-hybridized carbons (Fsp3) is 0.400. The first-order valence-corrected chi connectivity index (χ1v) is 11.2. The maximum absolute atomic E-state index is 14.5. The summed E-state index contributed by atoms with van der Waals surface area (Å²) in [4.78, 5) is 1.61. The highest BCUT2D eigenvalue weighted by atomic mass is 35.5. The zero-order valence-corrected chi connectivity index (χ0v) is 18.3. The van der Waals surface area contributed by atoms with Crippen LogP contribution < -0.4 is 14.2 Å². The van der Waals surface area contributed by atoms with E-state index in [-0.39, 0.29) is 24.1 Å². The van der Waals surface area contributed by atoms with Gasteiger partial charge in [0, 0.05) is 42.8 Å². The van der Waals surface area contributed by atoms with Crippen LogP contribution in [0.15, 0.2) is 41.3 Å². The van der Waals surface area contributed by atoms with Crippen LogP contribution in [0.4, 0.5) is 4.39 Å². The molecule has 0 bridgehead atoms. The summed E-state index contributed by atoms with van der Waals surface area (Å²) in [5.74, 6) is -0.691. The Morgan fingerprint density at radius 1 is 1.17 bits per heavy atom. The number of rotatable bonds is 8. The Kier molecular flexibility index (Phi) is 7.54. The molecule has 3 rings (SSSR count). The molecule has 7 nitrogen and oxygen atoms in total. The van der Waals surface area contributed by atoms with Crippen molar-refractivity contribution in [3.63, 3.8) is 0 Å². The highest BCUT2D eigenvalue weighted by molar-refractivity contribution is 7.89. The molecule has 0 saturated carbocycles. The van der Waals surface area contributed by atoms with Gasteiger partial charge in [0.25, 0.3) is 0 Å². The molecule has 1 aliphatic rings. The summed E-state index contributed by atoms with van der Waals surface area (Å²) >= 11 is 6.14. The molecule has 1 aliphatic heterocycles. The van der Waals surface area contributed by atoms with E-state index in [1.165, 1.54) is 14.2 Å². The lowest BCUT2D eigenvalue weighted by atomic mass is 10.1. The largest absolute Gasteiger partial charge is 0.493 e. The van der Waals surface area contributed by atoms with Crippen LogP contribution in [0.2, 0.25) is 5.02 Å². The Bertz CT molecular complexity index is 983. The quantitative estimate of drug-likeness (QED) is 0.655. The predicted octanol–water partition coefficient (Wildman–Crippen LogP) is 2.85. The van der Waals surface area contributed by atoms with Crippen LogP contribution >= 0.6 is 11.6 Å². The molecule has 2 aromatic carbocycles. The van der Waals surface area contributed by atoms with Crippen molar-refractivity contribution in [3.8, 4) is 11.5 Å². The van der Waals surface area contributed by atoms with E-state index in [0.717, 1.165) is 17.7 Å². The monoisotopic (exact) mass is 458 g/mol. The lowest BCUT2D eigenvalue weighted by Crippen LogP contribution is -2.43. The van der Waals surface area contributed by atoms with Gasteiger partial charge in [0.15, 0.2) is 11.5 Å². The molecular formula is C20H24ClFN2O5S. The molecular weight excluding hydrogens is 435 g/mol. The number of nitrogens with zero attached hydrogens (tertiary/aromatic N) is 1. The molecule has 1 atom stereocenters. The number of hydrogen-bond donors (Lipinski definition) is 1. The Balaban J connectivity index is 1.87. The average molecular weight is 459 g/mol. The number of halogens is 2. The first kappa shape index (κ1) is 22.8. The van der Waals surface area contributed by atoms with E-state index in [4.69, 9.17) is 25.8 Å². The molecule has 1 heterocycles. The van der Waals surface area contributed by atoms with Crippen molar-refractivity contribution in [2.45, 2.75) is 10.9 Å². The smallest absolute Gasteiger partial charge is 0.243 e. The van der Waals surface area contributed by atoms with Crippen LogP contribution in [-0.4, -0.2) is 60.4 Å². The van der Waals surface area contributed by atoms with Gasteiger partial charge in [-0.3, -0.25) is 4.90 Å². The Morgan fingerprint density at radius 3 is 2.47 bits per heavy atom. The zero-order valence-electron chi connectivity index (χ0n) is 16.7. The number of hydrogen-bond acceptors (Lipinski definition) is 6. The van der Waals surface area contributed by atoms with Crippen molar-refractivity contribution < 1.29 is 27.0 Å². The summed E-state index contributed by atoms with van der Waals surface area (Å²) in [7, 11) is -1.45. The molecule has 10 heteroatoms. The summed E-state index contributed by atoms with van der Waals surface area (Å²) in [6.07, 6.45) is 0. The van der Waals surface area contributed by atoms with E-state index in [0.29, 0.717) is 31.3 Å². The van der Waals surface area contributed by atoms with Gasteiger partial charge in [-0.25, -0.2) is 17.5 Å². The lowest BCUT2D eigenvalue weighted by molar-refractivity contribution is 0.0172. The highest BCUT2D eigenvalue weighted by Gasteiger charge is 2.27. The number of methoxy groups -OCH3 is 2. The topological polar surface area (TPSA) is 77.1 Å². The second-order valence-electron chi connectivity index (χ2n) is 6.71. The number of benzene rings is 2. The number of ether oxygens (including phenoxy) is 3. The molecule has 1 saturated heterocycles. The zero-order chi connectivity index (χ0) is 21.7. The van der Waals surface area contributed by atoms with E-state index >= 15 is 0 Å². The lowest BCUT2D eigenvalue weighted by Gasteiger charge is -2.35. The second kappa shape index (κ2) is 9.93. The van der Waals surface area contributed by atoms with Gasteiger partial charge in [-0.1, -0.05) is 23.7 Å². The van der Waals surface area contributed by atoms with Gasteiger partial charge in [-0.05, 0) is 17.7 Å². The molecule has 0 amide bonds. The normalized spacial score (nSPS) is 16.3. The van der Waals surface area contributed by atoms with Crippen molar-refractivity contribution >= 4 is 21.6 Å². The van der Waals surface area contributed by atoms with Crippen molar-refractivity contribution in [1.29, 1.82) is 0 Å². The average Bonchev–Trinajstić information content (AvgIpc) is 2.74. The Morgan fingerprint density at radius 2 is 1.83 bits per heavy atom. The molecule has 0 aliphatic carbocycles. The van der Waals surface area contributed by atoms with Gasteiger partial charge in [0.2, 0.25) is 10.0 Å². The fourth-order valence-electron chi connectivity index (χ4n) is 3.37. The van der Waals surface area contributed by atoms with Gasteiger partial charge < -0.3 is 14.2 Å². The van der Waals surface area contributed by atoms with Crippen LogP contribution in [0.1, 0.15) is 11.6 Å². The summed E-state index contributed by atoms with van der Waals surface area (Å²) in [5.41, 5.74) is 0.861. The van der Waals surface area contributed by atoms with E-state index in [2.05, 4.69) is 9.62 Å². The minimum Gasteiger partial charge on any atom is -0.493 e. The predicted molar refractivity (Wildman–Crippen MR) is 111 cm³/mol. The third-order valence-electron chi connectivity index (χ3n) is 4.91. The van der Waals surface area contributed by atoms with E-state index < -0.39 is 20.7 Å². The fourth-order valence-corrected chi connectivity index (χ4v) is 4.68. The highest BCUT2D eigenvalue weighted by Crippen LogP contribution is 2.32. The Labute approximate surface area is 180 Å². The number of nitrogens with one attached hydrogen (secondary N) is 1. The summed E-state index contributed by atoms with van der Waals surface area (Å²) in [6.45, 7) is 2.42. The first-order valence-electron chi connectivity index (χ1n) is 9.34. The molecule has 1 unspecified atom stereocenters. The maximum atomic E-state index is 14.5. The van der Waals surface area contributed by atoms with Crippen LogP contribution in [0.5, 0.6) is 11.5 Å². The van der Waals surface area contributed by atoms with Crippen LogP contribution in [0.25, 0.3) is 0 Å². The van der Waals surface area contributed by atoms with E-state index in [9.17, 15) is 12.8 Å². The second-order valence-corrected chi connectivity index (χ2v) is 8.88. The minimum atomic E-state index is -4.15. The summed E-state index contributed by atoms with van der Waals surface area (Å²) in [6, 6.07) is 9.07. The number of morpholine rings is 1. The van der Waals surface area contributed by atoms with Crippen molar-refractivity contribution in [2.75, 3.05) is 47.1 Å². The SMILES string of the molecule is COc1cc(F)c(S(=O)(=O)NCC(c2cccc(Cl)c2)N2CCOCC2)cc1OC. The molecule has 2 aromatic rings. The van der Waals surface area contributed by atoms with E-state index in [1.54, 1.807) is 12.1 Å². The van der Waals surface area contributed by atoms with Crippen LogP contribution in [0.3, 0.4) is 0 Å². The maximum Gasteiger partial charge on any atom is 0.243 e. The summed E-state index contributed by atoms with van der Waals surface area (Å²) < 4.78 is 58.3. The van der Waals surface area contributed by atoms with Gasteiger partial charge in [-0.2, -0.15) is 0 Å². The number of sulfonamides is 1. The van der Waals surface area contributed by atoms with Gasteiger partial charge in [0.1, 0.15) is 10.7 Å². The molecule has 30 heavy (non-hydrogen) atoms. The first-order chi connectivity index (χ1) is 14.4. The molecule has 0 radical (unpaired) electrons. The third kappa shape index (κ3) is 5.22. The molecule has 1 fully saturated rings.